The molecule has 1 aliphatic heterocycles. The Kier molecular flexibility index (Phi) is 9.27. The first-order valence-electron chi connectivity index (χ1n) is 13.0. The quantitative estimate of drug-likeness (QED) is 0.155. The zero-order valence-electron chi connectivity index (χ0n) is 22.2. The zero-order chi connectivity index (χ0) is 29.2. The van der Waals surface area contributed by atoms with E-state index in [1.165, 1.54) is 0 Å². The van der Waals surface area contributed by atoms with Crippen LogP contribution >= 0.6 is 0 Å². The van der Waals surface area contributed by atoms with E-state index in [2.05, 4.69) is 23.0 Å². The molecule has 0 amide bonds. The van der Waals surface area contributed by atoms with Crippen molar-refractivity contribution in [3.63, 3.8) is 0 Å². The third-order valence-corrected chi connectivity index (χ3v) is 7.33. The maximum atomic E-state index is 13.9. The first-order valence-corrected chi connectivity index (χ1v) is 13.0. The Balaban J connectivity index is 1.52. The van der Waals surface area contributed by atoms with Crippen LogP contribution in [0.25, 0.3) is 16.5 Å². The number of rotatable bonds is 12. The molecule has 1 aromatic heterocycles. The molecule has 0 bridgehead atoms. The SMILES string of the molecule is C=C(CCCCCCn1c(C)c(C)c2c3c(ccc21)NC(=C)C=C3C(F)(F)F)CCCCC(F)(F)C(F)(F)F. The fourth-order valence-electron chi connectivity index (χ4n) is 5.10. The molecule has 0 aliphatic carbocycles. The fraction of sp³-hybridized carbons (Fsp3) is 0.517. The van der Waals surface area contributed by atoms with Crippen LogP contribution in [0.4, 0.5) is 40.8 Å². The lowest BCUT2D eigenvalue weighted by Crippen LogP contribution is -2.36. The van der Waals surface area contributed by atoms with E-state index in [0.717, 1.165) is 54.1 Å². The van der Waals surface area contributed by atoms with E-state index in [1.54, 1.807) is 6.07 Å². The number of hydrogen-bond acceptors (Lipinski definition) is 1. The number of benzene rings is 1. The summed E-state index contributed by atoms with van der Waals surface area (Å²) in [6.07, 6.45) is -5.68. The molecular formula is C29H34F8N2. The molecule has 0 radical (unpaired) electrons. The van der Waals surface area contributed by atoms with Crippen LogP contribution in [0.5, 0.6) is 0 Å². The van der Waals surface area contributed by atoms with Crippen molar-refractivity contribution in [3.05, 3.63) is 59.5 Å². The second kappa shape index (κ2) is 11.8. The zero-order valence-corrected chi connectivity index (χ0v) is 22.2. The Labute approximate surface area is 223 Å². The summed E-state index contributed by atoms with van der Waals surface area (Å²) in [4.78, 5) is 0. The van der Waals surface area contributed by atoms with Crippen molar-refractivity contribution >= 4 is 22.2 Å². The smallest absolute Gasteiger partial charge is 0.355 e. The summed E-state index contributed by atoms with van der Waals surface area (Å²) >= 11 is 0. The Morgan fingerprint density at radius 3 is 2.10 bits per heavy atom. The molecule has 0 saturated carbocycles. The van der Waals surface area contributed by atoms with Crippen molar-refractivity contribution in [2.75, 3.05) is 5.32 Å². The van der Waals surface area contributed by atoms with Crippen molar-refractivity contribution in [1.82, 2.24) is 4.57 Å². The van der Waals surface area contributed by atoms with Gasteiger partial charge < -0.3 is 9.88 Å². The lowest BCUT2D eigenvalue weighted by molar-refractivity contribution is -0.284. The molecule has 0 spiro atoms. The molecule has 1 aliphatic rings. The molecule has 0 fully saturated rings. The van der Waals surface area contributed by atoms with Gasteiger partial charge in [-0.3, -0.25) is 0 Å². The topological polar surface area (TPSA) is 17.0 Å². The fourth-order valence-corrected chi connectivity index (χ4v) is 5.10. The number of nitrogens with one attached hydrogen (secondary N) is 1. The molecule has 3 rings (SSSR count). The molecule has 216 valence electrons. The number of hydrogen-bond donors (Lipinski definition) is 1. The van der Waals surface area contributed by atoms with Gasteiger partial charge in [-0.2, -0.15) is 35.1 Å². The van der Waals surface area contributed by atoms with E-state index in [0.29, 0.717) is 30.5 Å². The van der Waals surface area contributed by atoms with Gasteiger partial charge in [-0.1, -0.05) is 31.6 Å². The summed E-state index contributed by atoms with van der Waals surface area (Å²) in [6, 6.07) is 3.50. The third-order valence-electron chi connectivity index (χ3n) is 7.33. The highest BCUT2D eigenvalue weighted by Gasteiger charge is 2.56. The summed E-state index contributed by atoms with van der Waals surface area (Å²) in [7, 11) is 0. The molecule has 0 unspecified atom stereocenters. The molecule has 1 N–H and O–H groups in total. The second-order valence-electron chi connectivity index (χ2n) is 10.3. The van der Waals surface area contributed by atoms with E-state index in [-0.39, 0.29) is 24.1 Å². The average molecular weight is 563 g/mol. The molecule has 2 heterocycles. The molecule has 2 aromatic rings. The van der Waals surface area contributed by atoms with E-state index in [9.17, 15) is 35.1 Å². The van der Waals surface area contributed by atoms with Crippen LogP contribution in [-0.2, 0) is 6.54 Å². The monoisotopic (exact) mass is 562 g/mol. The standard InChI is InChI=1S/C29H34F8N2/c1-18(12-8-9-15-27(30,31)29(35,36)37)11-7-5-6-10-16-39-21(4)20(3)25-24(39)14-13-23-26(25)22(28(32,33)34)17-19(2)38-23/h13-14,17,38H,1-2,5-12,15-16H2,3-4H3. The van der Waals surface area contributed by atoms with Gasteiger partial charge in [0.15, 0.2) is 0 Å². The number of nitrogens with zero attached hydrogens (tertiary/aromatic N) is 1. The Morgan fingerprint density at radius 2 is 1.49 bits per heavy atom. The van der Waals surface area contributed by atoms with E-state index < -0.39 is 30.3 Å². The van der Waals surface area contributed by atoms with Gasteiger partial charge in [-0.05, 0) is 76.1 Å². The third kappa shape index (κ3) is 7.06. The number of aromatic nitrogens is 1. The molecule has 1 aromatic carbocycles. The minimum absolute atomic E-state index is 0.146. The largest absolute Gasteiger partial charge is 0.453 e. The Morgan fingerprint density at radius 1 is 0.872 bits per heavy atom. The number of alkyl halides is 8. The lowest BCUT2D eigenvalue weighted by Gasteiger charge is -2.24. The number of fused-ring (bicyclic) bond motifs is 3. The van der Waals surface area contributed by atoms with Gasteiger partial charge in [0.25, 0.3) is 0 Å². The van der Waals surface area contributed by atoms with Gasteiger partial charge in [-0.25, -0.2) is 0 Å². The molecule has 0 saturated heterocycles. The number of anilines is 1. The highest BCUT2D eigenvalue weighted by Crippen LogP contribution is 2.46. The van der Waals surface area contributed by atoms with Crippen LogP contribution in [0.1, 0.15) is 74.6 Å². The first kappa shape index (κ1) is 30.8. The van der Waals surface area contributed by atoms with Crippen molar-refractivity contribution < 1.29 is 35.1 Å². The minimum atomic E-state index is -5.51. The maximum Gasteiger partial charge on any atom is 0.453 e. The summed E-state index contributed by atoms with van der Waals surface area (Å²) in [5.41, 5.74) is 3.31. The van der Waals surface area contributed by atoms with Crippen LogP contribution < -0.4 is 5.32 Å². The number of aryl methyl sites for hydroxylation is 2. The number of unbranched alkanes of at least 4 members (excludes halogenated alkanes) is 4. The average Bonchev–Trinajstić information content (AvgIpc) is 3.06. The van der Waals surface area contributed by atoms with Gasteiger partial charge >= 0.3 is 18.3 Å². The predicted octanol–water partition coefficient (Wildman–Crippen LogP) is 10.4. The van der Waals surface area contributed by atoms with Crippen LogP contribution in [0, 0.1) is 13.8 Å². The van der Waals surface area contributed by atoms with Crippen molar-refractivity contribution in [3.8, 4) is 0 Å². The summed E-state index contributed by atoms with van der Waals surface area (Å²) in [5, 5.41) is 3.53. The number of halogens is 8. The van der Waals surface area contributed by atoms with Gasteiger partial charge in [-0.15, -0.1) is 0 Å². The van der Waals surface area contributed by atoms with E-state index in [1.807, 2.05) is 19.9 Å². The van der Waals surface area contributed by atoms with Crippen LogP contribution in [0.2, 0.25) is 0 Å². The second-order valence-corrected chi connectivity index (χ2v) is 10.3. The lowest BCUT2D eigenvalue weighted by atomic mass is 9.93. The van der Waals surface area contributed by atoms with E-state index in [4.69, 9.17) is 0 Å². The normalized spacial score (nSPS) is 14.4. The van der Waals surface area contributed by atoms with Gasteiger partial charge in [0, 0.05) is 46.5 Å². The van der Waals surface area contributed by atoms with Crippen molar-refractivity contribution in [2.24, 2.45) is 0 Å². The highest BCUT2D eigenvalue weighted by atomic mass is 19.4. The van der Waals surface area contributed by atoms with Gasteiger partial charge in [0.05, 0.1) is 5.57 Å². The van der Waals surface area contributed by atoms with Crippen LogP contribution in [0.3, 0.4) is 0 Å². The van der Waals surface area contributed by atoms with Crippen LogP contribution in [0.15, 0.2) is 42.6 Å². The molecule has 2 nitrogen and oxygen atoms in total. The number of allylic oxidation sites excluding steroid dienone is 3. The highest BCUT2D eigenvalue weighted by molar-refractivity contribution is 6.04. The predicted molar refractivity (Wildman–Crippen MR) is 140 cm³/mol. The minimum Gasteiger partial charge on any atom is -0.355 e. The maximum absolute atomic E-state index is 13.9. The van der Waals surface area contributed by atoms with Crippen LogP contribution in [-0.4, -0.2) is 22.8 Å². The molecular weight excluding hydrogens is 528 g/mol. The molecule has 39 heavy (non-hydrogen) atoms. The summed E-state index contributed by atoms with van der Waals surface area (Å²) in [6.45, 7) is 11.9. The Hall–Kier alpha value is -2.78. The molecule has 10 heteroatoms. The van der Waals surface area contributed by atoms with Crippen molar-refractivity contribution in [2.45, 2.75) is 96.5 Å². The summed E-state index contributed by atoms with van der Waals surface area (Å²) in [5.74, 6) is -4.65. The van der Waals surface area contributed by atoms with Crippen molar-refractivity contribution in [1.29, 1.82) is 0 Å². The van der Waals surface area contributed by atoms with Gasteiger partial charge in [0.1, 0.15) is 0 Å². The molecule has 0 atom stereocenters. The van der Waals surface area contributed by atoms with E-state index >= 15 is 0 Å². The Bertz CT molecular complexity index is 1240. The first-order chi connectivity index (χ1) is 18.0. The summed E-state index contributed by atoms with van der Waals surface area (Å²) < 4.78 is 106. The van der Waals surface area contributed by atoms with Gasteiger partial charge in [0.2, 0.25) is 0 Å².